The summed E-state index contributed by atoms with van der Waals surface area (Å²) in [6.07, 6.45) is 1.50. The summed E-state index contributed by atoms with van der Waals surface area (Å²) in [4.78, 5) is 7.81. The largest absolute Gasteiger partial charge is 0.382 e. The Bertz CT molecular complexity index is 1340. The number of aromatic nitrogens is 4. The molecule has 0 fully saturated rings. The Morgan fingerprint density at radius 1 is 1.14 bits per heavy atom. The van der Waals surface area contributed by atoms with E-state index in [4.69, 9.17) is 17.3 Å². The lowest BCUT2D eigenvalue weighted by atomic mass is 10.1. The third-order valence-electron chi connectivity index (χ3n) is 3.97. The van der Waals surface area contributed by atoms with Crippen LogP contribution in [0.3, 0.4) is 0 Å². The highest BCUT2D eigenvalue weighted by Crippen LogP contribution is 2.28. The Balaban J connectivity index is 1.62. The van der Waals surface area contributed by atoms with E-state index in [1.54, 1.807) is 12.1 Å². The Morgan fingerprint density at radius 3 is 2.59 bits per heavy atom. The summed E-state index contributed by atoms with van der Waals surface area (Å²) >= 11 is 5.68. The molecule has 4 aromatic rings. The van der Waals surface area contributed by atoms with E-state index in [0.717, 1.165) is 0 Å². The van der Waals surface area contributed by atoms with Gasteiger partial charge in [0.05, 0.1) is 16.9 Å². The first kappa shape index (κ1) is 19.0. The van der Waals surface area contributed by atoms with Crippen molar-refractivity contribution in [3.05, 3.63) is 59.3 Å². The third kappa shape index (κ3) is 3.57. The summed E-state index contributed by atoms with van der Waals surface area (Å²) in [5.41, 5.74) is 7.75. The normalized spacial score (nSPS) is 11.7. The molecule has 0 aliphatic carbocycles. The van der Waals surface area contributed by atoms with Crippen LogP contribution in [0.4, 0.5) is 20.3 Å². The van der Waals surface area contributed by atoms with Crippen LogP contribution in [0.25, 0.3) is 22.4 Å². The van der Waals surface area contributed by atoms with E-state index >= 15 is 0 Å². The van der Waals surface area contributed by atoms with Gasteiger partial charge in [-0.05, 0) is 18.2 Å². The zero-order valence-electron chi connectivity index (χ0n) is 14.3. The Labute approximate surface area is 167 Å². The molecule has 8 nitrogen and oxygen atoms in total. The van der Waals surface area contributed by atoms with Crippen molar-refractivity contribution in [1.29, 1.82) is 0 Å². The van der Waals surface area contributed by atoms with E-state index in [9.17, 15) is 17.2 Å². The molecular weight excluding hydrogens is 426 g/mol. The molecule has 0 saturated carbocycles. The molecule has 4 N–H and O–H groups in total. The second kappa shape index (κ2) is 6.94. The molecular formula is C17H11ClF2N6O2S. The first-order valence-electron chi connectivity index (χ1n) is 7.99. The summed E-state index contributed by atoms with van der Waals surface area (Å²) in [5.74, 6) is -1.93. The van der Waals surface area contributed by atoms with Crippen LogP contribution in [0.2, 0.25) is 5.02 Å². The monoisotopic (exact) mass is 436 g/mol. The molecule has 12 heteroatoms. The number of rotatable bonds is 4. The second-order valence-corrected chi connectivity index (χ2v) is 7.98. The zero-order chi connectivity index (χ0) is 20.8. The fraction of sp³-hybridized carbons (Fsp3) is 0. The van der Waals surface area contributed by atoms with Gasteiger partial charge in [-0.3, -0.25) is 9.82 Å². The molecule has 0 bridgehead atoms. The topological polar surface area (TPSA) is 127 Å². The summed E-state index contributed by atoms with van der Waals surface area (Å²) in [5, 5.41) is 5.82. The van der Waals surface area contributed by atoms with Gasteiger partial charge in [-0.1, -0.05) is 23.7 Å². The van der Waals surface area contributed by atoms with Gasteiger partial charge in [0, 0.05) is 17.3 Å². The maximum absolute atomic E-state index is 13.6. The van der Waals surface area contributed by atoms with Crippen molar-refractivity contribution >= 4 is 44.3 Å². The number of hydrogen-bond donors (Lipinski definition) is 3. The average molecular weight is 437 g/mol. The number of H-pyrrole nitrogens is 1. The highest BCUT2D eigenvalue weighted by atomic mass is 35.5. The fourth-order valence-electron chi connectivity index (χ4n) is 2.60. The second-order valence-electron chi connectivity index (χ2n) is 5.95. The molecule has 0 radical (unpaired) electrons. The molecule has 4 rings (SSSR count). The lowest BCUT2D eigenvalue weighted by Crippen LogP contribution is -2.14. The van der Waals surface area contributed by atoms with Crippen molar-refractivity contribution in [2.24, 2.45) is 0 Å². The van der Waals surface area contributed by atoms with Crippen LogP contribution in [0, 0.1) is 11.6 Å². The van der Waals surface area contributed by atoms with E-state index in [1.165, 1.54) is 18.3 Å². The Kier molecular flexibility index (Phi) is 4.55. The lowest BCUT2D eigenvalue weighted by Gasteiger charge is -2.11. The van der Waals surface area contributed by atoms with Crippen molar-refractivity contribution in [2.75, 3.05) is 10.5 Å². The maximum atomic E-state index is 13.6. The predicted molar refractivity (Wildman–Crippen MR) is 104 cm³/mol. The quantitative estimate of drug-likeness (QED) is 0.421. The number of hydrogen-bond acceptors (Lipinski definition) is 6. The molecule has 0 aliphatic rings. The molecule has 0 atom stereocenters. The number of halogens is 3. The van der Waals surface area contributed by atoms with Crippen LogP contribution < -0.4 is 10.5 Å². The van der Waals surface area contributed by atoms with Gasteiger partial charge < -0.3 is 5.73 Å². The minimum absolute atomic E-state index is 0.160. The first-order chi connectivity index (χ1) is 13.7. The van der Waals surface area contributed by atoms with E-state index in [2.05, 4.69) is 24.9 Å². The Morgan fingerprint density at radius 2 is 1.86 bits per heavy atom. The first-order valence-corrected chi connectivity index (χ1v) is 9.85. The molecule has 0 unspecified atom stereocenters. The van der Waals surface area contributed by atoms with E-state index in [0.29, 0.717) is 40.4 Å². The number of nitrogens with zero attached hydrogens (tertiary/aromatic N) is 3. The van der Waals surface area contributed by atoms with Crippen LogP contribution in [0.15, 0.2) is 47.5 Å². The van der Waals surface area contributed by atoms with Crippen molar-refractivity contribution < 1.29 is 17.2 Å². The number of benzene rings is 2. The molecule has 29 heavy (non-hydrogen) atoms. The molecule has 2 heterocycles. The molecule has 2 aromatic carbocycles. The minimum atomic E-state index is -4.31. The SMILES string of the molecule is Nc1[nH]nc2nc(-c3ccc(NS(=O)(=O)c4cc(F)cc(F)c4Cl)cc3)cnc12. The van der Waals surface area contributed by atoms with Crippen LogP contribution >= 0.6 is 11.6 Å². The van der Waals surface area contributed by atoms with Gasteiger partial charge in [0.15, 0.2) is 5.52 Å². The fourth-order valence-corrected chi connectivity index (χ4v) is 4.17. The van der Waals surface area contributed by atoms with Crippen molar-refractivity contribution in [1.82, 2.24) is 20.2 Å². The van der Waals surface area contributed by atoms with Gasteiger partial charge in [-0.25, -0.2) is 27.2 Å². The molecule has 148 valence electrons. The van der Waals surface area contributed by atoms with Crippen molar-refractivity contribution in [3.8, 4) is 11.3 Å². The van der Waals surface area contributed by atoms with E-state index < -0.39 is 31.6 Å². The van der Waals surface area contributed by atoms with E-state index in [1.807, 2.05) is 0 Å². The van der Waals surface area contributed by atoms with Gasteiger partial charge in [0.1, 0.15) is 22.3 Å². The number of nitrogens with two attached hydrogens (primary N) is 1. The average Bonchev–Trinajstić information content (AvgIpc) is 3.05. The number of fused-ring (bicyclic) bond motifs is 1. The van der Waals surface area contributed by atoms with Gasteiger partial charge in [0.25, 0.3) is 10.0 Å². The number of nitrogens with one attached hydrogen (secondary N) is 2. The zero-order valence-corrected chi connectivity index (χ0v) is 15.9. The van der Waals surface area contributed by atoms with Gasteiger partial charge in [0.2, 0.25) is 5.65 Å². The van der Waals surface area contributed by atoms with Crippen LogP contribution in [-0.4, -0.2) is 28.6 Å². The van der Waals surface area contributed by atoms with Gasteiger partial charge in [-0.2, -0.15) is 5.10 Å². The lowest BCUT2D eigenvalue weighted by molar-refractivity contribution is 0.569. The third-order valence-corrected chi connectivity index (χ3v) is 5.88. The number of aromatic amines is 1. The molecule has 2 aromatic heterocycles. The smallest absolute Gasteiger partial charge is 0.263 e. The van der Waals surface area contributed by atoms with Crippen LogP contribution in [0.5, 0.6) is 0 Å². The van der Waals surface area contributed by atoms with Crippen LogP contribution in [0.1, 0.15) is 0 Å². The van der Waals surface area contributed by atoms with Crippen molar-refractivity contribution in [3.63, 3.8) is 0 Å². The number of sulfonamides is 1. The minimum Gasteiger partial charge on any atom is -0.382 e. The molecule has 0 amide bonds. The molecule has 0 spiro atoms. The molecule has 0 saturated heterocycles. The maximum Gasteiger partial charge on any atom is 0.263 e. The summed E-state index contributed by atoms with van der Waals surface area (Å²) in [6.45, 7) is 0. The number of nitrogen functional groups attached to an aromatic ring is 1. The van der Waals surface area contributed by atoms with Gasteiger partial charge in [-0.15, -0.1) is 0 Å². The van der Waals surface area contributed by atoms with Crippen molar-refractivity contribution in [2.45, 2.75) is 4.90 Å². The highest BCUT2D eigenvalue weighted by Gasteiger charge is 2.22. The number of anilines is 2. The van der Waals surface area contributed by atoms with Crippen LogP contribution in [-0.2, 0) is 10.0 Å². The highest BCUT2D eigenvalue weighted by molar-refractivity contribution is 7.92. The van der Waals surface area contributed by atoms with E-state index in [-0.39, 0.29) is 5.69 Å². The molecule has 0 aliphatic heterocycles. The standard InChI is InChI=1S/C17H11ClF2N6O2S/c18-14-11(20)5-9(19)6-13(14)29(27,28)26-10-3-1-8(2-4-10)12-7-22-15-16(21)24-25-17(15)23-12/h1-7,26H,(H3,21,23,24,25). The summed E-state index contributed by atoms with van der Waals surface area (Å²) < 4.78 is 54.1. The predicted octanol–water partition coefficient (Wildman–Crippen LogP) is 3.33. The summed E-state index contributed by atoms with van der Waals surface area (Å²) in [6, 6.07) is 7.25. The van der Waals surface area contributed by atoms with Gasteiger partial charge >= 0.3 is 0 Å². The summed E-state index contributed by atoms with van der Waals surface area (Å²) in [7, 11) is -4.31. The Hall–Kier alpha value is -3.31.